The van der Waals surface area contributed by atoms with E-state index in [1.165, 1.54) is 4.31 Å². The van der Waals surface area contributed by atoms with E-state index >= 15 is 0 Å². The molecule has 0 N–H and O–H groups in total. The Morgan fingerprint density at radius 1 is 1.38 bits per heavy atom. The van der Waals surface area contributed by atoms with E-state index in [1.807, 2.05) is 4.90 Å². The van der Waals surface area contributed by atoms with Crippen LogP contribution in [0, 0.1) is 5.41 Å². The van der Waals surface area contributed by atoms with E-state index in [4.69, 9.17) is 0 Å². The third kappa shape index (κ3) is 2.55. The van der Waals surface area contributed by atoms with Gasteiger partial charge in [-0.05, 0) is 25.5 Å². The van der Waals surface area contributed by atoms with E-state index in [1.54, 1.807) is 31.5 Å². The van der Waals surface area contributed by atoms with Crippen molar-refractivity contribution in [3.63, 3.8) is 0 Å². The molecule has 0 bridgehead atoms. The number of rotatable bonds is 3. The summed E-state index contributed by atoms with van der Waals surface area (Å²) in [4.78, 5) is 18.1. The molecule has 3 heterocycles. The zero-order valence-corrected chi connectivity index (χ0v) is 12.8. The summed E-state index contributed by atoms with van der Waals surface area (Å²) in [6.45, 7) is 4.07. The Kier molecular flexibility index (Phi) is 3.49. The highest BCUT2D eigenvalue weighted by Gasteiger charge is 2.51. The van der Waals surface area contributed by atoms with Gasteiger partial charge >= 0.3 is 0 Å². The maximum Gasteiger partial charge on any atom is 0.255 e. The molecule has 0 radical (unpaired) electrons. The van der Waals surface area contributed by atoms with Crippen molar-refractivity contribution in [2.24, 2.45) is 5.41 Å². The minimum atomic E-state index is -3.09. The Hall–Kier alpha value is -1.47. The van der Waals surface area contributed by atoms with Crippen molar-refractivity contribution in [3.8, 4) is 0 Å². The Bertz CT molecular complexity index is 639. The Morgan fingerprint density at radius 3 is 2.76 bits per heavy atom. The van der Waals surface area contributed by atoms with Gasteiger partial charge in [-0.3, -0.25) is 9.78 Å². The molecule has 0 atom stereocenters. The fraction of sp³-hybridized carbons (Fsp3) is 0.571. The van der Waals surface area contributed by atoms with E-state index in [0.717, 1.165) is 6.42 Å². The minimum Gasteiger partial charge on any atom is -0.338 e. The number of sulfonamides is 1. The van der Waals surface area contributed by atoms with Gasteiger partial charge in [0.15, 0.2) is 0 Å². The molecule has 6 nitrogen and oxygen atoms in total. The number of nitrogens with zero attached hydrogens (tertiary/aromatic N) is 3. The second kappa shape index (κ2) is 5.06. The highest BCUT2D eigenvalue weighted by Crippen LogP contribution is 2.41. The average molecular weight is 309 g/mol. The Balaban J connectivity index is 1.64. The number of carbonyl (C=O) groups is 1. The number of carbonyl (C=O) groups excluding carboxylic acids is 1. The van der Waals surface area contributed by atoms with Crippen LogP contribution in [0.15, 0.2) is 24.5 Å². The summed E-state index contributed by atoms with van der Waals surface area (Å²) < 4.78 is 25.1. The highest BCUT2D eigenvalue weighted by atomic mass is 32.2. The molecule has 2 aliphatic heterocycles. The van der Waals surface area contributed by atoms with Gasteiger partial charge in [0.1, 0.15) is 0 Å². The SMILES string of the molecule is CCS(=O)(=O)N1CC2(CCN(C(=O)c3cccnc3)C2)C1. The van der Waals surface area contributed by atoms with Crippen LogP contribution in [0.3, 0.4) is 0 Å². The van der Waals surface area contributed by atoms with Crippen LogP contribution in [-0.2, 0) is 10.0 Å². The topological polar surface area (TPSA) is 70.6 Å². The van der Waals surface area contributed by atoms with Gasteiger partial charge < -0.3 is 4.90 Å². The first-order valence-corrected chi connectivity index (χ1v) is 8.74. The third-order valence-corrected chi connectivity index (χ3v) is 6.19. The predicted octanol–water partition coefficient (Wildman–Crippen LogP) is 0.579. The monoisotopic (exact) mass is 309 g/mol. The number of pyridine rings is 1. The van der Waals surface area contributed by atoms with Crippen LogP contribution in [0.25, 0.3) is 0 Å². The molecule has 1 spiro atoms. The quantitative estimate of drug-likeness (QED) is 0.819. The standard InChI is InChI=1S/C14H19N3O3S/c1-2-21(19,20)17-10-14(11-17)5-7-16(9-14)13(18)12-4-3-6-15-8-12/h3-4,6,8H,2,5,7,9-11H2,1H3. The molecule has 2 aliphatic rings. The summed E-state index contributed by atoms with van der Waals surface area (Å²) in [5, 5.41) is 0. The first kappa shape index (κ1) is 14.5. The third-order valence-electron chi connectivity index (χ3n) is 4.42. The lowest BCUT2D eigenvalue weighted by atomic mass is 9.81. The number of hydrogen-bond donors (Lipinski definition) is 0. The van der Waals surface area contributed by atoms with Crippen molar-refractivity contribution in [1.82, 2.24) is 14.2 Å². The van der Waals surface area contributed by atoms with E-state index in [0.29, 0.717) is 31.7 Å². The van der Waals surface area contributed by atoms with E-state index in [2.05, 4.69) is 4.98 Å². The summed E-state index contributed by atoms with van der Waals surface area (Å²) in [6, 6.07) is 3.51. The largest absolute Gasteiger partial charge is 0.338 e. The molecular formula is C14H19N3O3S. The molecule has 0 saturated carbocycles. The lowest BCUT2D eigenvalue weighted by Gasteiger charge is -2.46. The summed E-state index contributed by atoms with van der Waals surface area (Å²) in [7, 11) is -3.09. The van der Waals surface area contributed by atoms with Gasteiger partial charge in [-0.15, -0.1) is 0 Å². The fourth-order valence-electron chi connectivity index (χ4n) is 3.12. The van der Waals surface area contributed by atoms with Crippen molar-refractivity contribution in [2.45, 2.75) is 13.3 Å². The number of likely N-dealkylation sites (tertiary alicyclic amines) is 1. The average Bonchev–Trinajstić information content (AvgIpc) is 2.91. The smallest absolute Gasteiger partial charge is 0.255 e. The van der Waals surface area contributed by atoms with Crippen molar-refractivity contribution in [1.29, 1.82) is 0 Å². The molecule has 2 saturated heterocycles. The summed E-state index contributed by atoms with van der Waals surface area (Å²) in [6.07, 6.45) is 4.08. The predicted molar refractivity (Wildman–Crippen MR) is 78.2 cm³/mol. The molecule has 114 valence electrons. The minimum absolute atomic E-state index is 0.0169. The first-order valence-electron chi connectivity index (χ1n) is 7.13. The molecule has 0 unspecified atom stereocenters. The van der Waals surface area contributed by atoms with Gasteiger partial charge in [-0.2, -0.15) is 0 Å². The maximum absolute atomic E-state index is 12.4. The van der Waals surface area contributed by atoms with Gasteiger partial charge in [0.25, 0.3) is 5.91 Å². The van der Waals surface area contributed by atoms with Crippen LogP contribution < -0.4 is 0 Å². The van der Waals surface area contributed by atoms with Crippen molar-refractivity contribution in [2.75, 3.05) is 31.9 Å². The molecule has 7 heteroatoms. The van der Waals surface area contributed by atoms with Crippen LogP contribution in [0.2, 0.25) is 0 Å². The lowest BCUT2D eigenvalue weighted by Crippen LogP contribution is -2.59. The number of amides is 1. The van der Waals surface area contributed by atoms with Crippen LogP contribution in [0.1, 0.15) is 23.7 Å². The molecule has 1 amide bonds. The van der Waals surface area contributed by atoms with Gasteiger partial charge in [0.2, 0.25) is 10.0 Å². The Morgan fingerprint density at radius 2 is 2.14 bits per heavy atom. The van der Waals surface area contributed by atoms with Crippen LogP contribution in [0.5, 0.6) is 0 Å². The van der Waals surface area contributed by atoms with Crippen molar-refractivity contribution in [3.05, 3.63) is 30.1 Å². The van der Waals surface area contributed by atoms with Gasteiger partial charge in [-0.1, -0.05) is 0 Å². The molecular weight excluding hydrogens is 290 g/mol. The second-order valence-corrected chi connectivity index (χ2v) is 8.14. The van der Waals surface area contributed by atoms with Crippen LogP contribution in [0.4, 0.5) is 0 Å². The molecule has 3 rings (SSSR count). The summed E-state index contributed by atoms with van der Waals surface area (Å²) >= 11 is 0. The van der Waals surface area contributed by atoms with Gasteiger partial charge in [0, 0.05) is 44.0 Å². The lowest BCUT2D eigenvalue weighted by molar-refractivity contribution is 0.0624. The zero-order chi connectivity index (χ0) is 15.1. The molecule has 0 aliphatic carbocycles. The maximum atomic E-state index is 12.4. The van der Waals surface area contributed by atoms with E-state index in [9.17, 15) is 13.2 Å². The van der Waals surface area contributed by atoms with Crippen molar-refractivity contribution < 1.29 is 13.2 Å². The molecule has 2 fully saturated rings. The van der Waals surface area contributed by atoms with Gasteiger partial charge in [-0.25, -0.2) is 12.7 Å². The molecule has 1 aromatic rings. The summed E-state index contributed by atoms with van der Waals surface area (Å²) in [5.74, 6) is 0.123. The Labute approximate surface area is 124 Å². The number of hydrogen-bond acceptors (Lipinski definition) is 4. The fourth-order valence-corrected chi connectivity index (χ4v) is 4.43. The first-order chi connectivity index (χ1) is 9.96. The zero-order valence-electron chi connectivity index (χ0n) is 12.0. The van der Waals surface area contributed by atoms with Crippen LogP contribution >= 0.6 is 0 Å². The normalized spacial score (nSPS) is 21.5. The molecule has 1 aromatic heterocycles. The molecule has 21 heavy (non-hydrogen) atoms. The van der Waals surface area contributed by atoms with E-state index < -0.39 is 10.0 Å². The second-order valence-electron chi connectivity index (χ2n) is 5.89. The number of aromatic nitrogens is 1. The van der Waals surface area contributed by atoms with Crippen LogP contribution in [-0.4, -0.2) is 60.4 Å². The van der Waals surface area contributed by atoms with Crippen molar-refractivity contribution >= 4 is 15.9 Å². The highest BCUT2D eigenvalue weighted by molar-refractivity contribution is 7.89. The summed E-state index contributed by atoms with van der Waals surface area (Å²) in [5.41, 5.74) is 0.548. The molecule has 0 aromatic carbocycles. The van der Waals surface area contributed by atoms with Gasteiger partial charge in [0.05, 0.1) is 11.3 Å². The van der Waals surface area contributed by atoms with E-state index in [-0.39, 0.29) is 17.1 Å².